The van der Waals surface area contributed by atoms with Gasteiger partial charge in [0.15, 0.2) is 0 Å². The Morgan fingerprint density at radius 2 is 1.45 bits per heavy atom. The van der Waals surface area contributed by atoms with Crippen molar-refractivity contribution in [3.8, 4) is 0 Å². The summed E-state index contributed by atoms with van der Waals surface area (Å²) in [5.74, 6) is 0. The van der Waals surface area contributed by atoms with Crippen molar-refractivity contribution in [1.82, 2.24) is 0 Å². The molecule has 0 aliphatic heterocycles. The number of benzene rings is 1. The highest BCUT2D eigenvalue weighted by Crippen LogP contribution is 2.29. The standard InChI is InChI=1S/C15H23F3O3Si/c1-11(2)20-22(19,21-12(3)4)10-9-13-5-7-14(8-6-13)15(16,17)18/h5-8,11-12,19H,9-10H2,1-4H3. The van der Waals surface area contributed by atoms with Gasteiger partial charge in [-0.2, -0.15) is 13.2 Å². The zero-order chi connectivity index (χ0) is 17.0. The Hall–Kier alpha value is -0.893. The van der Waals surface area contributed by atoms with Gasteiger partial charge in [0.25, 0.3) is 0 Å². The van der Waals surface area contributed by atoms with E-state index in [2.05, 4.69) is 0 Å². The Morgan fingerprint density at radius 1 is 1.00 bits per heavy atom. The molecule has 1 rings (SSSR count). The van der Waals surface area contributed by atoms with Gasteiger partial charge >= 0.3 is 15.0 Å². The Bertz CT molecular complexity index is 448. The van der Waals surface area contributed by atoms with Crippen molar-refractivity contribution in [2.75, 3.05) is 0 Å². The summed E-state index contributed by atoms with van der Waals surface area (Å²) in [6, 6.07) is 5.20. The van der Waals surface area contributed by atoms with Crippen LogP contribution >= 0.6 is 0 Å². The third kappa shape index (κ3) is 6.47. The molecule has 3 nitrogen and oxygen atoms in total. The second-order valence-electron chi connectivity index (χ2n) is 5.74. The van der Waals surface area contributed by atoms with Gasteiger partial charge in [0.1, 0.15) is 0 Å². The molecule has 0 aliphatic carbocycles. The molecule has 0 aromatic heterocycles. The third-order valence-corrected chi connectivity index (χ3v) is 5.41. The van der Waals surface area contributed by atoms with Crippen LogP contribution in [0.15, 0.2) is 24.3 Å². The van der Waals surface area contributed by atoms with E-state index in [-0.39, 0.29) is 18.3 Å². The number of hydrogen-bond donors (Lipinski definition) is 1. The summed E-state index contributed by atoms with van der Waals surface area (Å²) in [5, 5.41) is 0. The highest BCUT2D eigenvalue weighted by atomic mass is 28.4. The van der Waals surface area contributed by atoms with E-state index in [9.17, 15) is 18.0 Å². The lowest BCUT2D eigenvalue weighted by Gasteiger charge is -2.28. The lowest BCUT2D eigenvalue weighted by Crippen LogP contribution is -2.46. The van der Waals surface area contributed by atoms with Crippen LogP contribution in [-0.4, -0.2) is 25.8 Å². The maximum atomic E-state index is 12.5. The van der Waals surface area contributed by atoms with Crippen LogP contribution < -0.4 is 0 Å². The van der Waals surface area contributed by atoms with Crippen LogP contribution in [0.25, 0.3) is 0 Å². The van der Waals surface area contributed by atoms with Gasteiger partial charge in [-0.25, -0.2) is 0 Å². The average Bonchev–Trinajstić information content (AvgIpc) is 2.34. The second-order valence-corrected chi connectivity index (χ2v) is 8.14. The van der Waals surface area contributed by atoms with Crippen molar-refractivity contribution < 1.29 is 26.8 Å². The van der Waals surface area contributed by atoms with Gasteiger partial charge in [-0.05, 0) is 51.8 Å². The molecule has 0 amide bonds. The van der Waals surface area contributed by atoms with Gasteiger partial charge < -0.3 is 13.6 Å². The molecule has 0 aliphatic rings. The number of halogens is 3. The normalized spacial score (nSPS) is 13.2. The summed E-state index contributed by atoms with van der Waals surface area (Å²) < 4.78 is 48.6. The van der Waals surface area contributed by atoms with Crippen molar-refractivity contribution >= 4 is 8.80 Å². The lowest BCUT2D eigenvalue weighted by atomic mass is 10.1. The summed E-state index contributed by atoms with van der Waals surface area (Å²) in [5.41, 5.74) is 0.0271. The van der Waals surface area contributed by atoms with Crippen molar-refractivity contribution in [3.63, 3.8) is 0 Å². The van der Waals surface area contributed by atoms with Gasteiger partial charge in [-0.3, -0.25) is 0 Å². The van der Waals surface area contributed by atoms with E-state index in [4.69, 9.17) is 8.85 Å². The predicted molar refractivity (Wildman–Crippen MR) is 80.4 cm³/mol. The molecule has 0 atom stereocenters. The van der Waals surface area contributed by atoms with Gasteiger partial charge in [0.2, 0.25) is 0 Å². The SMILES string of the molecule is CC(C)O[Si](O)(CCc1ccc(C(F)(F)F)cc1)OC(C)C. The molecule has 0 spiro atoms. The molecule has 126 valence electrons. The molecule has 1 aromatic carbocycles. The first-order chi connectivity index (χ1) is 10.0. The Balaban J connectivity index is 2.72. The molecular weight excluding hydrogens is 313 g/mol. The summed E-state index contributed by atoms with van der Waals surface area (Å²) in [7, 11) is -3.33. The first-order valence-corrected chi connectivity index (χ1v) is 9.23. The quantitative estimate of drug-likeness (QED) is 0.764. The maximum Gasteiger partial charge on any atom is 0.498 e. The smallest absolute Gasteiger partial charge is 0.390 e. The van der Waals surface area contributed by atoms with Crippen LogP contribution in [0.1, 0.15) is 38.8 Å². The molecule has 0 unspecified atom stereocenters. The molecule has 0 fully saturated rings. The monoisotopic (exact) mass is 336 g/mol. The zero-order valence-corrected chi connectivity index (χ0v) is 14.3. The van der Waals surface area contributed by atoms with Crippen LogP contribution in [0.4, 0.5) is 13.2 Å². The molecule has 0 bridgehead atoms. The predicted octanol–water partition coefficient (Wildman–Crippen LogP) is 4.03. The first-order valence-electron chi connectivity index (χ1n) is 7.26. The fourth-order valence-corrected chi connectivity index (χ4v) is 4.41. The third-order valence-electron chi connectivity index (χ3n) is 2.85. The minimum Gasteiger partial charge on any atom is -0.390 e. The first kappa shape index (κ1) is 19.2. The van der Waals surface area contributed by atoms with Gasteiger partial charge in [-0.15, -0.1) is 0 Å². The Labute approximate surface area is 130 Å². The summed E-state index contributed by atoms with van der Waals surface area (Å²) in [6.45, 7) is 7.22. The van der Waals surface area contributed by atoms with Gasteiger partial charge in [0, 0.05) is 18.3 Å². The molecule has 0 saturated carbocycles. The lowest BCUT2D eigenvalue weighted by molar-refractivity contribution is -0.137. The topological polar surface area (TPSA) is 38.7 Å². The second kappa shape index (κ2) is 7.59. The molecule has 22 heavy (non-hydrogen) atoms. The van der Waals surface area contributed by atoms with Crippen LogP contribution in [-0.2, 0) is 21.4 Å². The van der Waals surface area contributed by atoms with Crippen LogP contribution in [0, 0.1) is 0 Å². The molecule has 0 radical (unpaired) electrons. The maximum absolute atomic E-state index is 12.5. The number of aryl methyl sites for hydroxylation is 1. The molecule has 7 heteroatoms. The minimum atomic E-state index is -4.34. The van der Waals surface area contributed by atoms with Gasteiger partial charge in [0.05, 0.1) is 5.56 Å². The number of alkyl halides is 3. The fourth-order valence-electron chi connectivity index (χ4n) is 2.04. The van der Waals surface area contributed by atoms with Gasteiger partial charge in [-0.1, -0.05) is 12.1 Å². The number of rotatable bonds is 7. The molecule has 1 N–H and O–H groups in total. The summed E-state index contributed by atoms with van der Waals surface area (Å²) >= 11 is 0. The molecule has 1 aromatic rings. The van der Waals surface area contributed by atoms with E-state index >= 15 is 0 Å². The molecule has 0 heterocycles. The largest absolute Gasteiger partial charge is 0.498 e. The van der Waals surface area contributed by atoms with Crippen LogP contribution in [0.2, 0.25) is 6.04 Å². The Morgan fingerprint density at radius 3 is 1.82 bits per heavy atom. The van der Waals surface area contributed by atoms with Crippen molar-refractivity contribution in [2.24, 2.45) is 0 Å². The average molecular weight is 336 g/mol. The zero-order valence-electron chi connectivity index (χ0n) is 13.3. The van der Waals surface area contributed by atoms with E-state index in [1.807, 2.05) is 0 Å². The van der Waals surface area contributed by atoms with E-state index in [0.29, 0.717) is 12.0 Å². The highest BCUT2D eigenvalue weighted by Gasteiger charge is 2.38. The fraction of sp³-hybridized carbons (Fsp3) is 0.600. The summed E-state index contributed by atoms with van der Waals surface area (Å²) in [6.07, 6.45) is -4.29. The summed E-state index contributed by atoms with van der Waals surface area (Å²) in [4.78, 5) is 10.5. The molecule has 0 saturated heterocycles. The van der Waals surface area contributed by atoms with Crippen LogP contribution in [0.3, 0.4) is 0 Å². The highest BCUT2D eigenvalue weighted by molar-refractivity contribution is 6.59. The van der Waals surface area contributed by atoms with E-state index in [1.165, 1.54) is 12.1 Å². The van der Waals surface area contributed by atoms with E-state index < -0.39 is 20.5 Å². The molecular formula is C15H23F3O3Si. The van der Waals surface area contributed by atoms with Crippen molar-refractivity contribution in [3.05, 3.63) is 35.4 Å². The number of hydrogen-bond acceptors (Lipinski definition) is 3. The van der Waals surface area contributed by atoms with E-state index in [0.717, 1.165) is 12.1 Å². The van der Waals surface area contributed by atoms with Crippen molar-refractivity contribution in [2.45, 2.75) is 58.5 Å². The minimum absolute atomic E-state index is 0.178. The van der Waals surface area contributed by atoms with Crippen LogP contribution in [0.5, 0.6) is 0 Å². The van der Waals surface area contributed by atoms with Crippen molar-refractivity contribution in [1.29, 1.82) is 0 Å². The van der Waals surface area contributed by atoms with E-state index in [1.54, 1.807) is 27.7 Å². The Kier molecular flexibility index (Phi) is 6.60.